The van der Waals surface area contributed by atoms with E-state index in [4.69, 9.17) is 38.4 Å². The molecule has 0 spiro atoms. The van der Waals surface area contributed by atoms with Crippen LogP contribution in [0.1, 0.15) is 30.6 Å². The smallest absolute Gasteiger partial charge is 0.347 e. The normalized spacial score (nSPS) is 11.8. The van der Waals surface area contributed by atoms with E-state index in [9.17, 15) is 9.59 Å². The number of esters is 2. The van der Waals surface area contributed by atoms with Gasteiger partial charge in [0.15, 0.2) is 6.10 Å². The zero-order chi connectivity index (χ0) is 15.3. The maximum Gasteiger partial charge on any atom is 0.347 e. The molecule has 2 N–H and O–H groups in total. The second-order valence-corrected chi connectivity index (χ2v) is 4.70. The van der Waals surface area contributed by atoms with Crippen molar-refractivity contribution in [2.45, 2.75) is 26.4 Å². The number of anilines is 1. The van der Waals surface area contributed by atoms with Crippen molar-refractivity contribution in [3.8, 4) is 0 Å². The van der Waals surface area contributed by atoms with E-state index in [-0.39, 0.29) is 34.3 Å². The third-order valence-corrected chi connectivity index (χ3v) is 3.24. The minimum Gasteiger partial charge on any atom is -0.463 e. The summed E-state index contributed by atoms with van der Waals surface area (Å²) < 4.78 is 9.89. The highest BCUT2D eigenvalue weighted by Crippen LogP contribution is 2.29. The summed E-state index contributed by atoms with van der Waals surface area (Å²) in [4.78, 5) is 23.6. The van der Waals surface area contributed by atoms with Crippen molar-refractivity contribution in [3.63, 3.8) is 0 Å². The molecule has 5 nitrogen and oxygen atoms in total. The Balaban J connectivity index is 2.93. The molecule has 0 aliphatic carbocycles. The number of benzene rings is 1. The van der Waals surface area contributed by atoms with Crippen molar-refractivity contribution >= 4 is 40.8 Å². The first-order valence-electron chi connectivity index (χ1n) is 6.02. The lowest BCUT2D eigenvalue weighted by molar-refractivity contribution is -0.153. The van der Waals surface area contributed by atoms with Gasteiger partial charge >= 0.3 is 11.9 Å². The molecule has 0 amide bonds. The van der Waals surface area contributed by atoms with Gasteiger partial charge in [-0.3, -0.25) is 0 Å². The third kappa shape index (κ3) is 4.02. The van der Waals surface area contributed by atoms with E-state index in [0.29, 0.717) is 0 Å². The van der Waals surface area contributed by atoms with Gasteiger partial charge in [-0.1, -0.05) is 30.1 Å². The molecule has 0 saturated carbocycles. The van der Waals surface area contributed by atoms with Crippen LogP contribution in [0.15, 0.2) is 12.1 Å². The first-order chi connectivity index (χ1) is 9.40. The molecular formula is C13H15Cl2NO4. The molecule has 0 bridgehead atoms. The number of carbonyl (C=O) groups excluding carboxylic acids is 2. The highest BCUT2D eigenvalue weighted by atomic mass is 35.5. The third-order valence-electron chi connectivity index (χ3n) is 2.44. The SMILES string of the molecule is CCOC(=O)C(CC)OC(=O)c1cc(N)cc(Cl)c1Cl. The number of hydrogen-bond acceptors (Lipinski definition) is 5. The summed E-state index contributed by atoms with van der Waals surface area (Å²) in [6, 6.07) is 2.76. The summed E-state index contributed by atoms with van der Waals surface area (Å²) in [6.07, 6.45) is -0.697. The van der Waals surface area contributed by atoms with Gasteiger partial charge in [0.1, 0.15) is 0 Å². The lowest BCUT2D eigenvalue weighted by atomic mass is 10.2. The Labute approximate surface area is 126 Å². The molecule has 0 radical (unpaired) electrons. The van der Waals surface area contributed by atoms with Crippen molar-refractivity contribution in [2.75, 3.05) is 12.3 Å². The fourth-order valence-electron chi connectivity index (χ4n) is 1.48. The van der Waals surface area contributed by atoms with Gasteiger partial charge in [0.2, 0.25) is 0 Å². The molecule has 0 aromatic heterocycles. The first kappa shape index (κ1) is 16.6. The molecule has 0 aliphatic rings. The Morgan fingerprint density at radius 2 is 1.95 bits per heavy atom. The van der Waals surface area contributed by atoms with Gasteiger partial charge in [-0.25, -0.2) is 9.59 Å². The number of hydrogen-bond donors (Lipinski definition) is 1. The first-order valence-corrected chi connectivity index (χ1v) is 6.78. The Hall–Kier alpha value is -1.46. The topological polar surface area (TPSA) is 78.6 Å². The molecular weight excluding hydrogens is 305 g/mol. The monoisotopic (exact) mass is 319 g/mol. The fourth-order valence-corrected chi connectivity index (χ4v) is 1.90. The average molecular weight is 320 g/mol. The number of halogens is 2. The minimum atomic E-state index is -0.987. The number of nitrogens with two attached hydrogens (primary N) is 1. The minimum absolute atomic E-state index is 0.0133. The van der Waals surface area contributed by atoms with Crippen molar-refractivity contribution in [2.24, 2.45) is 0 Å². The van der Waals surface area contributed by atoms with Crippen LogP contribution in [0, 0.1) is 0 Å². The summed E-state index contributed by atoms with van der Waals surface area (Å²) in [5.41, 5.74) is 5.88. The fraction of sp³-hybridized carbons (Fsp3) is 0.385. The second-order valence-electron chi connectivity index (χ2n) is 3.92. The zero-order valence-corrected chi connectivity index (χ0v) is 12.6. The lowest BCUT2D eigenvalue weighted by Gasteiger charge is -2.15. The van der Waals surface area contributed by atoms with Crippen LogP contribution < -0.4 is 5.73 Å². The molecule has 1 atom stereocenters. The second kappa shape index (κ2) is 7.36. The predicted octanol–water partition coefficient (Wildman–Crippen LogP) is 3.07. The number of carbonyl (C=O) groups is 2. The zero-order valence-electron chi connectivity index (χ0n) is 11.1. The summed E-state index contributed by atoms with van der Waals surface area (Å²) in [7, 11) is 0. The molecule has 7 heteroatoms. The molecule has 0 saturated heterocycles. The van der Waals surface area contributed by atoms with Gasteiger partial charge < -0.3 is 15.2 Å². The summed E-state index contributed by atoms with van der Waals surface area (Å²) in [5, 5.41) is 0.173. The van der Waals surface area contributed by atoms with Gasteiger partial charge in [-0.2, -0.15) is 0 Å². The predicted molar refractivity (Wildman–Crippen MR) is 77.0 cm³/mol. The van der Waals surface area contributed by atoms with E-state index in [1.165, 1.54) is 12.1 Å². The molecule has 20 heavy (non-hydrogen) atoms. The molecule has 0 fully saturated rings. The van der Waals surface area contributed by atoms with E-state index in [1.807, 2.05) is 0 Å². The van der Waals surface area contributed by atoms with Gasteiger partial charge in [0, 0.05) is 5.69 Å². The molecule has 1 rings (SSSR count). The molecule has 1 aromatic carbocycles. The van der Waals surface area contributed by atoms with E-state index in [0.717, 1.165) is 0 Å². The molecule has 110 valence electrons. The Morgan fingerprint density at radius 1 is 1.30 bits per heavy atom. The molecule has 0 aliphatic heterocycles. The van der Waals surface area contributed by atoms with Gasteiger partial charge in [-0.15, -0.1) is 0 Å². The van der Waals surface area contributed by atoms with E-state index in [2.05, 4.69) is 0 Å². The quantitative estimate of drug-likeness (QED) is 0.666. The number of rotatable bonds is 5. The Kier molecular flexibility index (Phi) is 6.10. The lowest BCUT2D eigenvalue weighted by Crippen LogP contribution is -2.28. The van der Waals surface area contributed by atoms with E-state index in [1.54, 1.807) is 13.8 Å². The van der Waals surface area contributed by atoms with Crippen LogP contribution in [0.2, 0.25) is 10.0 Å². The Bertz CT molecular complexity index is 519. The molecule has 0 heterocycles. The number of ether oxygens (including phenoxy) is 2. The van der Waals surface area contributed by atoms with Crippen LogP contribution in [0.3, 0.4) is 0 Å². The molecule has 1 unspecified atom stereocenters. The highest BCUT2D eigenvalue weighted by Gasteiger charge is 2.25. The van der Waals surface area contributed by atoms with Crippen LogP contribution in [-0.2, 0) is 14.3 Å². The van der Waals surface area contributed by atoms with Crippen molar-refractivity contribution in [1.82, 2.24) is 0 Å². The van der Waals surface area contributed by atoms with E-state index >= 15 is 0 Å². The van der Waals surface area contributed by atoms with Crippen LogP contribution >= 0.6 is 23.2 Å². The standard InChI is InChI=1S/C13H15Cl2NO4/c1-3-10(13(18)19-4-2)20-12(17)8-5-7(16)6-9(14)11(8)15/h5-6,10H,3-4,16H2,1-2H3. The van der Waals surface area contributed by atoms with Crippen LogP contribution in [0.5, 0.6) is 0 Å². The van der Waals surface area contributed by atoms with Gasteiger partial charge in [-0.05, 0) is 25.5 Å². The van der Waals surface area contributed by atoms with Gasteiger partial charge in [0.05, 0.1) is 22.2 Å². The average Bonchev–Trinajstić information content (AvgIpc) is 2.39. The van der Waals surface area contributed by atoms with E-state index < -0.39 is 18.0 Å². The van der Waals surface area contributed by atoms with Crippen LogP contribution in [-0.4, -0.2) is 24.6 Å². The van der Waals surface area contributed by atoms with Crippen molar-refractivity contribution in [1.29, 1.82) is 0 Å². The summed E-state index contributed by atoms with van der Waals surface area (Å²) in [5.74, 6) is -1.38. The van der Waals surface area contributed by atoms with Crippen molar-refractivity contribution < 1.29 is 19.1 Å². The van der Waals surface area contributed by atoms with Gasteiger partial charge in [0.25, 0.3) is 0 Å². The van der Waals surface area contributed by atoms with Crippen molar-refractivity contribution in [3.05, 3.63) is 27.7 Å². The van der Waals surface area contributed by atoms with Crippen LogP contribution in [0.4, 0.5) is 5.69 Å². The maximum atomic E-state index is 12.0. The largest absolute Gasteiger partial charge is 0.463 e. The summed E-state index contributed by atoms with van der Waals surface area (Å²) >= 11 is 11.8. The maximum absolute atomic E-state index is 12.0. The molecule has 1 aromatic rings. The Morgan fingerprint density at radius 3 is 2.50 bits per heavy atom. The van der Waals surface area contributed by atoms with Crippen LogP contribution in [0.25, 0.3) is 0 Å². The number of nitrogen functional groups attached to an aromatic ring is 1. The highest BCUT2D eigenvalue weighted by molar-refractivity contribution is 6.44. The summed E-state index contributed by atoms with van der Waals surface area (Å²) in [6.45, 7) is 3.57.